The fourth-order valence-electron chi connectivity index (χ4n) is 3.12. The first-order chi connectivity index (χ1) is 14.0. The second-order valence-corrected chi connectivity index (χ2v) is 7.20. The van der Waals surface area contributed by atoms with Crippen molar-refractivity contribution < 1.29 is 23.9 Å². The summed E-state index contributed by atoms with van der Waals surface area (Å²) in [6, 6.07) is 14.6. The Bertz CT molecular complexity index is 853. The van der Waals surface area contributed by atoms with Crippen LogP contribution in [0.4, 0.5) is 0 Å². The van der Waals surface area contributed by atoms with E-state index in [0.29, 0.717) is 30.1 Å². The van der Waals surface area contributed by atoms with Crippen molar-refractivity contribution in [1.82, 2.24) is 4.90 Å². The number of nitrogens with zero attached hydrogens (tertiary/aromatic N) is 1. The van der Waals surface area contributed by atoms with Gasteiger partial charge < -0.3 is 9.47 Å². The van der Waals surface area contributed by atoms with Crippen molar-refractivity contribution in [2.45, 2.75) is 32.6 Å². The van der Waals surface area contributed by atoms with Crippen molar-refractivity contribution in [3.63, 3.8) is 0 Å². The number of esters is 1. The van der Waals surface area contributed by atoms with Gasteiger partial charge in [0.15, 0.2) is 0 Å². The number of ether oxygens (including phenoxy) is 2. The van der Waals surface area contributed by atoms with E-state index in [9.17, 15) is 14.4 Å². The third kappa shape index (κ3) is 5.02. The molecule has 2 aromatic carbocycles. The maximum absolute atomic E-state index is 12.2. The van der Waals surface area contributed by atoms with Crippen LogP contribution >= 0.6 is 0 Å². The average molecular weight is 395 g/mol. The van der Waals surface area contributed by atoms with E-state index in [-0.39, 0.29) is 37.4 Å². The van der Waals surface area contributed by atoms with Crippen molar-refractivity contribution in [2.24, 2.45) is 0 Å². The summed E-state index contributed by atoms with van der Waals surface area (Å²) in [5, 5.41) is 0. The molecule has 6 heteroatoms. The molecule has 0 fully saturated rings. The Morgan fingerprint density at radius 1 is 0.931 bits per heavy atom. The van der Waals surface area contributed by atoms with Crippen molar-refractivity contribution in [3.05, 3.63) is 65.2 Å². The zero-order chi connectivity index (χ0) is 20.8. The molecular weight excluding hydrogens is 370 g/mol. The summed E-state index contributed by atoms with van der Waals surface area (Å²) in [6.45, 7) is 4.72. The first kappa shape index (κ1) is 20.6. The monoisotopic (exact) mass is 395 g/mol. The Morgan fingerprint density at radius 2 is 1.55 bits per heavy atom. The first-order valence-corrected chi connectivity index (χ1v) is 9.81. The summed E-state index contributed by atoms with van der Waals surface area (Å²) in [7, 11) is 0. The molecule has 0 saturated heterocycles. The van der Waals surface area contributed by atoms with Crippen molar-refractivity contribution in [2.75, 3.05) is 19.8 Å². The van der Waals surface area contributed by atoms with Crippen LogP contribution in [0.2, 0.25) is 0 Å². The Morgan fingerprint density at radius 3 is 2.14 bits per heavy atom. The molecular formula is C23H25NO5. The SMILES string of the molecule is CC(C)c1ccc(OCCCC(=O)OCCN2C(=O)c3ccccc3C2=O)cc1. The number of imide groups is 1. The number of benzene rings is 2. The molecule has 0 saturated carbocycles. The van der Waals surface area contributed by atoms with Crippen molar-refractivity contribution in [1.29, 1.82) is 0 Å². The number of fused-ring (bicyclic) bond motifs is 1. The summed E-state index contributed by atoms with van der Waals surface area (Å²) in [4.78, 5) is 37.4. The zero-order valence-corrected chi connectivity index (χ0v) is 16.7. The molecule has 0 spiro atoms. The van der Waals surface area contributed by atoms with Gasteiger partial charge in [-0.05, 0) is 42.2 Å². The second kappa shape index (κ2) is 9.37. The van der Waals surface area contributed by atoms with Crippen LogP contribution in [-0.4, -0.2) is 42.4 Å². The lowest BCUT2D eigenvalue weighted by molar-refractivity contribution is -0.144. The smallest absolute Gasteiger partial charge is 0.305 e. The van der Waals surface area contributed by atoms with E-state index in [1.54, 1.807) is 24.3 Å². The highest BCUT2D eigenvalue weighted by atomic mass is 16.5. The van der Waals surface area contributed by atoms with Gasteiger partial charge in [-0.2, -0.15) is 0 Å². The van der Waals surface area contributed by atoms with E-state index in [1.807, 2.05) is 24.3 Å². The summed E-state index contributed by atoms with van der Waals surface area (Å²) >= 11 is 0. The minimum Gasteiger partial charge on any atom is -0.494 e. The van der Waals surface area contributed by atoms with Crippen LogP contribution in [0.3, 0.4) is 0 Å². The predicted octanol–water partition coefficient (Wildman–Crippen LogP) is 3.81. The Kier molecular flexibility index (Phi) is 6.65. The molecule has 2 amide bonds. The third-order valence-electron chi connectivity index (χ3n) is 4.80. The number of carbonyl (C=O) groups excluding carboxylic acids is 3. The summed E-state index contributed by atoms with van der Waals surface area (Å²) < 4.78 is 10.8. The lowest BCUT2D eigenvalue weighted by atomic mass is 10.0. The van der Waals surface area contributed by atoms with Gasteiger partial charge in [-0.3, -0.25) is 19.3 Å². The fraction of sp³-hybridized carbons (Fsp3) is 0.348. The van der Waals surface area contributed by atoms with Gasteiger partial charge in [0.05, 0.1) is 24.3 Å². The number of hydrogen-bond donors (Lipinski definition) is 0. The molecule has 2 aromatic rings. The van der Waals surface area contributed by atoms with Crippen LogP contribution in [-0.2, 0) is 9.53 Å². The minimum absolute atomic E-state index is 0.0121. The molecule has 0 aromatic heterocycles. The van der Waals surface area contributed by atoms with E-state index in [2.05, 4.69) is 13.8 Å². The topological polar surface area (TPSA) is 72.9 Å². The van der Waals surface area contributed by atoms with E-state index >= 15 is 0 Å². The van der Waals surface area contributed by atoms with Crippen LogP contribution in [0.25, 0.3) is 0 Å². The summed E-state index contributed by atoms with van der Waals surface area (Å²) in [6.07, 6.45) is 0.740. The number of carbonyl (C=O) groups is 3. The standard InChI is InChI=1S/C23H25NO5/c1-16(2)17-9-11-18(12-10-17)28-14-5-8-21(25)29-15-13-24-22(26)19-6-3-4-7-20(19)23(24)27/h3-4,6-7,9-12,16H,5,8,13-15H2,1-2H3. The van der Waals surface area contributed by atoms with Gasteiger partial charge in [0.2, 0.25) is 0 Å². The zero-order valence-electron chi connectivity index (χ0n) is 16.7. The van der Waals surface area contributed by atoms with Crippen LogP contribution in [0.15, 0.2) is 48.5 Å². The van der Waals surface area contributed by atoms with Gasteiger partial charge >= 0.3 is 5.97 Å². The van der Waals surface area contributed by atoms with Gasteiger partial charge in [0.1, 0.15) is 12.4 Å². The molecule has 152 valence electrons. The highest BCUT2D eigenvalue weighted by Crippen LogP contribution is 2.22. The van der Waals surface area contributed by atoms with Crippen LogP contribution < -0.4 is 4.74 Å². The summed E-state index contributed by atoms with van der Waals surface area (Å²) in [5.41, 5.74) is 2.03. The van der Waals surface area contributed by atoms with Crippen LogP contribution in [0.1, 0.15) is 58.9 Å². The van der Waals surface area contributed by atoms with Gasteiger partial charge in [-0.15, -0.1) is 0 Å². The number of amides is 2. The molecule has 1 heterocycles. The average Bonchev–Trinajstić information content (AvgIpc) is 2.96. The van der Waals surface area contributed by atoms with Crippen molar-refractivity contribution >= 4 is 17.8 Å². The quantitative estimate of drug-likeness (QED) is 0.367. The van der Waals surface area contributed by atoms with Gasteiger partial charge in [0.25, 0.3) is 11.8 Å². The van der Waals surface area contributed by atoms with Gasteiger partial charge in [0, 0.05) is 6.42 Å². The largest absolute Gasteiger partial charge is 0.494 e. The maximum atomic E-state index is 12.2. The molecule has 0 unspecified atom stereocenters. The van der Waals surface area contributed by atoms with E-state index in [4.69, 9.17) is 9.47 Å². The number of hydrogen-bond acceptors (Lipinski definition) is 5. The van der Waals surface area contributed by atoms with E-state index < -0.39 is 0 Å². The van der Waals surface area contributed by atoms with E-state index in [0.717, 1.165) is 10.6 Å². The second-order valence-electron chi connectivity index (χ2n) is 7.20. The molecule has 0 N–H and O–H groups in total. The molecule has 0 bridgehead atoms. The van der Waals surface area contributed by atoms with Gasteiger partial charge in [-0.1, -0.05) is 38.1 Å². The molecule has 0 atom stereocenters. The Hall–Kier alpha value is -3.15. The Labute approximate surface area is 170 Å². The Balaban J connectivity index is 1.34. The highest BCUT2D eigenvalue weighted by molar-refractivity contribution is 6.21. The molecule has 3 rings (SSSR count). The lowest BCUT2D eigenvalue weighted by Crippen LogP contribution is -2.33. The molecule has 29 heavy (non-hydrogen) atoms. The molecule has 0 aliphatic carbocycles. The summed E-state index contributed by atoms with van der Waals surface area (Å²) in [5.74, 6) is 0.171. The van der Waals surface area contributed by atoms with Gasteiger partial charge in [-0.25, -0.2) is 0 Å². The predicted molar refractivity (Wildman–Crippen MR) is 108 cm³/mol. The maximum Gasteiger partial charge on any atom is 0.305 e. The normalized spacial score (nSPS) is 13.0. The molecule has 0 radical (unpaired) electrons. The molecule has 1 aliphatic heterocycles. The number of rotatable bonds is 9. The lowest BCUT2D eigenvalue weighted by Gasteiger charge is -2.13. The highest BCUT2D eigenvalue weighted by Gasteiger charge is 2.34. The van der Waals surface area contributed by atoms with Crippen LogP contribution in [0, 0.1) is 0 Å². The minimum atomic E-state index is -0.375. The third-order valence-corrected chi connectivity index (χ3v) is 4.80. The molecule has 1 aliphatic rings. The van der Waals surface area contributed by atoms with E-state index in [1.165, 1.54) is 5.56 Å². The molecule has 6 nitrogen and oxygen atoms in total. The van der Waals surface area contributed by atoms with Crippen LogP contribution in [0.5, 0.6) is 5.75 Å². The first-order valence-electron chi connectivity index (χ1n) is 9.81. The van der Waals surface area contributed by atoms with Crippen molar-refractivity contribution in [3.8, 4) is 5.75 Å². The fourth-order valence-corrected chi connectivity index (χ4v) is 3.12.